The van der Waals surface area contributed by atoms with Crippen LogP contribution >= 0.6 is 15.9 Å². The van der Waals surface area contributed by atoms with Crippen molar-refractivity contribution in [1.29, 1.82) is 0 Å². The van der Waals surface area contributed by atoms with Gasteiger partial charge >= 0.3 is 0 Å². The zero-order valence-corrected chi connectivity index (χ0v) is 12.6. The molecular weight excluding hydrogens is 314 g/mol. The molecule has 0 aliphatic carbocycles. The SMILES string of the molecule is COCCN(CCO)C(=O)c1ccc(OC)c(Br)c1. The quantitative estimate of drug-likeness (QED) is 0.823. The summed E-state index contributed by atoms with van der Waals surface area (Å²) in [4.78, 5) is 13.8. The lowest BCUT2D eigenvalue weighted by molar-refractivity contribution is 0.0656. The molecule has 0 radical (unpaired) electrons. The minimum Gasteiger partial charge on any atom is -0.496 e. The van der Waals surface area contributed by atoms with Crippen LogP contribution in [0.2, 0.25) is 0 Å². The Kier molecular flexibility index (Phi) is 6.83. The lowest BCUT2D eigenvalue weighted by Gasteiger charge is -2.21. The van der Waals surface area contributed by atoms with Gasteiger partial charge in [-0.25, -0.2) is 0 Å². The number of methoxy groups -OCH3 is 2. The number of halogens is 1. The molecule has 6 heteroatoms. The van der Waals surface area contributed by atoms with Gasteiger partial charge in [0.15, 0.2) is 0 Å². The fourth-order valence-electron chi connectivity index (χ4n) is 1.62. The molecule has 0 aliphatic rings. The Hall–Kier alpha value is -1.11. The van der Waals surface area contributed by atoms with Crippen LogP contribution in [0.15, 0.2) is 22.7 Å². The molecule has 106 valence electrons. The lowest BCUT2D eigenvalue weighted by atomic mass is 10.2. The number of amides is 1. The lowest BCUT2D eigenvalue weighted by Crippen LogP contribution is -2.36. The molecule has 1 aromatic carbocycles. The predicted molar refractivity (Wildman–Crippen MR) is 75.6 cm³/mol. The first-order valence-electron chi connectivity index (χ1n) is 5.86. The molecule has 0 saturated carbocycles. The molecule has 0 heterocycles. The highest BCUT2D eigenvalue weighted by atomic mass is 79.9. The van der Waals surface area contributed by atoms with E-state index in [9.17, 15) is 4.79 Å². The molecule has 0 atom stereocenters. The number of carbonyl (C=O) groups is 1. The van der Waals surface area contributed by atoms with E-state index >= 15 is 0 Å². The first kappa shape index (κ1) is 15.9. The molecule has 0 bridgehead atoms. The maximum absolute atomic E-state index is 12.3. The number of aliphatic hydroxyl groups excluding tert-OH is 1. The van der Waals surface area contributed by atoms with Gasteiger partial charge in [-0.1, -0.05) is 0 Å². The summed E-state index contributed by atoms with van der Waals surface area (Å²) in [5, 5.41) is 9.00. The van der Waals surface area contributed by atoms with Gasteiger partial charge in [0.1, 0.15) is 5.75 Å². The van der Waals surface area contributed by atoms with Crippen LogP contribution in [0.4, 0.5) is 0 Å². The van der Waals surface area contributed by atoms with Crippen molar-refractivity contribution in [3.05, 3.63) is 28.2 Å². The Morgan fingerprint density at radius 1 is 1.37 bits per heavy atom. The molecule has 1 N–H and O–H groups in total. The van der Waals surface area contributed by atoms with E-state index in [-0.39, 0.29) is 19.1 Å². The fourth-order valence-corrected chi connectivity index (χ4v) is 2.16. The standard InChI is InChI=1S/C13H18BrNO4/c1-18-8-6-15(5-7-16)13(17)10-3-4-12(19-2)11(14)9-10/h3-4,9,16H,5-8H2,1-2H3. The Morgan fingerprint density at radius 3 is 2.63 bits per heavy atom. The van der Waals surface area contributed by atoms with E-state index in [0.717, 1.165) is 4.47 Å². The van der Waals surface area contributed by atoms with Crippen molar-refractivity contribution < 1.29 is 19.4 Å². The van der Waals surface area contributed by atoms with Gasteiger partial charge in [0.2, 0.25) is 0 Å². The summed E-state index contributed by atoms with van der Waals surface area (Å²) in [5.41, 5.74) is 0.539. The third kappa shape index (κ3) is 4.49. The molecule has 0 spiro atoms. The summed E-state index contributed by atoms with van der Waals surface area (Å²) in [7, 11) is 3.14. The molecule has 5 nitrogen and oxygen atoms in total. The van der Waals surface area contributed by atoms with Crippen molar-refractivity contribution in [3.8, 4) is 5.75 Å². The summed E-state index contributed by atoms with van der Waals surface area (Å²) in [6, 6.07) is 5.13. The van der Waals surface area contributed by atoms with E-state index in [1.165, 1.54) is 0 Å². The minimum absolute atomic E-state index is 0.0766. The van der Waals surface area contributed by atoms with Crippen molar-refractivity contribution in [2.24, 2.45) is 0 Å². The second-order valence-corrected chi connectivity index (χ2v) is 4.71. The number of benzene rings is 1. The number of ether oxygens (including phenoxy) is 2. The second kappa shape index (κ2) is 8.14. The molecule has 0 saturated heterocycles. The maximum Gasteiger partial charge on any atom is 0.254 e. The van der Waals surface area contributed by atoms with Gasteiger partial charge in [-0.3, -0.25) is 4.79 Å². The summed E-state index contributed by atoms with van der Waals surface area (Å²) in [6.07, 6.45) is 0. The van der Waals surface area contributed by atoms with Crippen LogP contribution in [0, 0.1) is 0 Å². The first-order chi connectivity index (χ1) is 9.13. The first-order valence-corrected chi connectivity index (χ1v) is 6.66. The van der Waals surface area contributed by atoms with E-state index in [1.807, 2.05) is 0 Å². The predicted octanol–water partition coefficient (Wildman–Crippen LogP) is 1.54. The highest BCUT2D eigenvalue weighted by Crippen LogP contribution is 2.26. The molecule has 0 aromatic heterocycles. The van der Waals surface area contributed by atoms with Gasteiger partial charge in [-0.2, -0.15) is 0 Å². The average molecular weight is 332 g/mol. The van der Waals surface area contributed by atoms with Gasteiger partial charge in [0.05, 0.1) is 24.8 Å². The Morgan fingerprint density at radius 2 is 2.11 bits per heavy atom. The number of hydrogen-bond acceptors (Lipinski definition) is 4. The van der Waals surface area contributed by atoms with Crippen LogP contribution in [-0.4, -0.2) is 56.4 Å². The van der Waals surface area contributed by atoms with Crippen molar-refractivity contribution in [1.82, 2.24) is 4.90 Å². The molecule has 0 aliphatic heterocycles. The summed E-state index contributed by atoms with van der Waals surface area (Å²) >= 11 is 3.35. The number of nitrogens with zero attached hydrogens (tertiary/aromatic N) is 1. The fraction of sp³-hybridized carbons (Fsp3) is 0.462. The average Bonchev–Trinajstić information content (AvgIpc) is 2.42. The smallest absolute Gasteiger partial charge is 0.254 e. The van der Waals surface area contributed by atoms with Crippen LogP contribution in [0.3, 0.4) is 0 Å². The molecule has 19 heavy (non-hydrogen) atoms. The van der Waals surface area contributed by atoms with Crippen LogP contribution in [0.1, 0.15) is 10.4 Å². The van der Waals surface area contributed by atoms with Crippen LogP contribution in [0.25, 0.3) is 0 Å². The molecular formula is C13H18BrNO4. The van der Waals surface area contributed by atoms with Crippen molar-refractivity contribution in [3.63, 3.8) is 0 Å². The normalized spacial score (nSPS) is 10.3. The Labute approximate surface area is 121 Å². The van der Waals surface area contributed by atoms with Gasteiger partial charge in [-0.15, -0.1) is 0 Å². The van der Waals surface area contributed by atoms with Gasteiger partial charge < -0.3 is 19.5 Å². The van der Waals surface area contributed by atoms with Crippen LogP contribution < -0.4 is 4.74 Å². The summed E-state index contributed by atoms with van der Waals surface area (Å²) in [5.74, 6) is 0.525. The maximum atomic E-state index is 12.3. The largest absolute Gasteiger partial charge is 0.496 e. The number of rotatable bonds is 7. The van der Waals surface area contributed by atoms with E-state index in [1.54, 1.807) is 37.3 Å². The van der Waals surface area contributed by atoms with Crippen molar-refractivity contribution in [2.75, 3.05) is 40.5 Å². The number of aliphatic hydroxyl groups is 1. The molecule has 1 aromatic rings. The Balaban J connectivity index is 2.86. The van der Waals surface area contributed by atoms with E-state index < -0.39 is 0 Å². The van der Waals surface area contributed by atoms with Gasteiger partial charge in [0, 0.05) is 25.8 Å². The zero-order valence-electron chi connectivity index (χ0n) is 11.1. The highest BCUT2D eigenvalue weighted by Gasteiger charge is 2.16. The van der Waals surface area contributed by atoms with Crippen molar-refractivity contribution >= 4 is 21.8 Å². The monoisotopic (exact) mass is 331 g/mol. The molecule has 1 rings (SSSR count). The Bertz CT molecular complexity index is 425. The molecule has 0 fully saturated rings. The van der Waals surface area contributed by atoms with Crippen LogP contribution in [0.5, 0.6) is 5.75 Å². The highest BCUT2D eigenvalue weighted by molar-refractivity contribution is 9.10. The van der Waals surface area contributed by atoms with E-state index in [4.69, 9.17) is 14.6 Å². The topological polar surface area (TPSA) is 59.0 Å². The van der Waals surface area contributed by atoms with E-state index in [0.29, 0.717) is 24.5 Å². The second-order valence-electron chi connectivity index (χ2n) is 3.86. The molecule has 1 amide bonds. The summed E-state index contributed by atoms with van der Waals surface area (Å²) < 4.78 is 10.8. The van der Waals surface area contributed by atoms with Crippen LogP contribution in [-0.2, 0) is 4.74 Å². The summed E-state index contributed by atoms with van der Waals surface area (Å²) in [6.45, 7) is 1.08. The third-order valence-corrected chi connectivity index (χ3v) is 3.24. The number of carbonyl (C=O) groups excluding carboxylic acids is 1. The molecule has 0 unspecified atom stereocenters. The minimum atomic E-state index is -0.144. The van der Waals surface area contributed by atoms with Gasteiger partial charge in [-0.05, 0) is 34.1 Å². The third-order valence-electron chi connectivity index (χ3n) is 2.62. The van der Waals surface area contributed by atoms with Crippen molar-refractivity contribution in [2.45, 2.75) is 0 Å². The van der Waals surface area contributed by atoms with E-state index in [2.05, 4.69) is 15.9 Å². The number of hydrogen-bond donors (Lipinski definition) is 1. The zero-order chi connectivity index (χ0) is 14.3. The van der Waals surface area contributed by atoms with Gasteiger partial charge in [0.25, 0.3) is 5.91 Å².